The molecule has 1 aromatic rings. The van der Waals surface area contributed by atoms with Crippen LogP contribution in [0, 0.1) is 15.6 Å². The van der Waals surface area contributed by atoms with Gasteiger partial charge in [0, 0.05) is 6.07 Å². The molecule has 0 saturated carbocycles. The molecule has 0 fully saturated rings. The van der Waals surface area contributed by atoms with Crippen LogP contribution < -0.4 is 4.74 Å². The van der Waals surface area contributed by atoms with Gasteiger partial charge in [0.1, 0.15) is 5.69 Å². The zero-order valence-electron chi connectivity index (χ0n) is 6.85. The number of non-ortho nitro benzene ring substituents is 1. The smallest absolute Gasteiger partial charge is 0.273 e. The Labute approximate surface area is 73.8 Å². The van der Waals surface area contributed by atoms with Crippen LogP contribution in [0.2, 0.25) is 0 Å². The van der Waals surface area contributed by atoms with Crippen LogP contribution in [0.25, 0.3) is 0 Å². The van der Waals surface area contributed by atoms with Crippen molar-refractivity contribution in [3.63, 3.8) is 0 Å². The Morgan fingerprint density at radius 1 is 1.62 bits per heavy atom. The molecule has 0 aliphatic carbocycles. The van der Waals surface area contributed by atoms with Crippen molar-refractivity contribution >= 4 is 11.4 Å². The average molecular weight is 181 g/mol. The lowest BCUT2D eigenvalue weighted by molar-refractivity contribution is -0.384. The van der Waals surface area contributed by atoms with Crippen LogP contribution in [0.4, 0.5) is 11.4 Å². The second kappa shape index (κ2) is 3.61. The number of nitrogens with zero attached hydrogens (tertiary/aromatic N) is 2. The number of hydrogen-bond donors (Lipinski definition) is 1. The summed E-state index contributed by atoms with van der Waals surface area (Å²) in [6, 6.07) is 3.87. The second-order valence-corrected chi connectivity index (χ2v) is 2.23. The number of nitro groups is 1. The van der Waals surface area contributed by atoms with Crippen molar-refractivity contribution in [3.05, 3.63) is 28.3 Å². The molecule has 0 spiro atoms. The van der Waals surface area contributed by atoms with Crippen molar-refractivity contribution in [2.75, 3.05) is 7.11 Å². The predicted molar refractivity (Wildman–Crippen MR) is 44.5 cm³/mol. The molecule has 0 heterocycles. The highest BCUT2D eigenvalue weighted by Gasteiger charge is 2.10. The standard InChI is InChI=1S/C7H7N3O3/c1-13-7-4-5(10(11)12)2-3-6(7)9-8/h2-4,8H,1H3. The summed E-state index contributed by atoms with van der Waals surface area (Å²) in [5.74, 6) is 0.226. The summed E-state index contributed by atoms with van der Waals surface area (Å²) < 4.78 is 4.81. The van der Waals surface area contributed by atoms with Gasteiger partial charge in [-0.15, -0.1) is 0 Å². The summed E-state index contributed by atoms with van der Waals surface area (Å²) in [6.07, 6.45) is 0. The van der Waals surface area contributed by atoms with Crippen LogP contribution >= 0.6 is 0 Å². The lowest BCUT2D eigenvalue weighted by Gasteiger charge is -2.01. The molecule has 13 heavy (non-hydrogen) atoms. The molecule has 0 atom stereocenters. The molecule has 0 bridgehead atoms. The van der Waals surface area contributed by atoms with Gasteiger partial charge in [-0.05, 0) is 6.07 Å². The van der Waals surface area contributed by atoms with Crippen molar-refractivity contribution in [2.45, 2.75) is 0 Å². The van der Waals surface area contributed by atoms with E-state index < -0.39 is 4.92 Å². The fourth-order valence-electron chi connectivity index (χ4n) is 0.872. The molecule has 6 nitrogen and oxygen atoms in total. The van der Waals surface area contributed by atoms with Gasteiger partial charge in [-0.2, -0.15) is 5.11 Å². The van der Waals surface area contributed by atoms with Gasteiger partial charge in [-0.3, -0.25) is 10.1 Å². The van der Waals surface area contributed by atoms with Crippen LogP contribution in [0.15, 0.2) is 23.3 Å². The molecule has 0 aliphatic rings. The van der Waals surface area contributed by atoms with Crippen molar-refractivity contribution in [1.29, 1.82) is 5.53 Å². The summed E-state index contributed by atoms with van der Waals surface area (Å²) in [5.41, 5.74) is 6.93. The fourth-order valence-corrected chi connectivity index (χ4v) is 0.872. The number of nitrogens with one attached hydrogen (secondary N) is 1. The first-order valence-electron chi connectivity index (χ1n) is 3.39. The number of benzene rings is 1. The maximum atomic E-state index is 10.3. The van der Waals surface area contributed by atoms with Crippen LogP contribution in [0.3, 0.4) is 0 Å². The summed E-state index contributed by atoms with van der Waals surface area (Å²) in [6.45, 7) is 0. The molecule has 0 unspecified atom stereocenters. The highest BCUT2D eigenvalue weighted by atomic mass is 16.6. The van der Waals surface area contributed by atoms with E-state index in [1.165, 1.54) is 25.3 Å². The molecular weight excluding hydrogens is 174 g/mol. The monoisotopic (exact) mass is 181 g/mol. The molecule has 0 saturated heterocycles. The normalized spacial score (nSPS) is 9.31. The number of ether oxygens (including phenoxy) is 1. The van der Waals surface area contributed by atoms with Gasteiger partial charge in [0.15, 0.2) is 5.75 Å². The topological polar surface area (TPSA) is 88.6 Å². The van der Waals surface area contributed by atoms with E-state index in [-0.39, 0.29) is 17.1 Å². The highest BCUT2D eigenvalue weighted by molar-refractivity contribution is 5.56. The minimum absolute atomic E-state index is 0.0794. The molecule has 0 amide bonds. The molecule has 1 N–H and O–H groups in total. The van der Waals surface area contributed by atoms with Crippen LogP contribution in [0.5, 0.6) is 5.75 Å². The first kappa shape index (κ1) is 9.11. The van der Waals surface area contributed by atoms with E-state index in [1.54, 1.807) is 0 Å². The Hall–Kier alpha value is -1.98. The Bertz CT molecular complexity index is 351. The first-order chi connectivity index (χ1) is 6.19. The van der Waals surface area contributed by atoms with Gasteiger partial charge in [0.25, 0.3) is 5.69 Å². The molecule has 0 radical (unpaired) electrons. The van der Waals surface area contributed by atoms with E-state index in [1.807, 2.05) is 0 Å². The predicted octanol–water partition coefficient (Wildman–Crippen LogP) is 2.27. The third kappa shape index (κ3) is 1.78. The maximum Gasteiger partial charge on any atom is 0.273 e. The lowest BCUT2D eigenvalue weighted by atomic mass is 10.2. The number of hydrogen-bond acceptors (Lipinski definition) is 5. The third-order valence-corrected chi connectivity index (χ3v) is 1.49. The molecular formula is C7H7N3O3. The summed E-state index contributed by atoms with van der Waals surface area (Å²) in [5, 5.41) is 13.5. The Kier molecular flexibility index (Phi) is 2.53. The van der Waals surface area contributed by atoms with E-state index >= 15 is 0 Å². The van der Waals surface area contributed by atoms with Gasteiger partial charge in [-0.25, -0.2) is 5.53 Å². The van der Waals surface area contributed by atoms with Gasteiger partial charge in [-0.1, -0.05) is 0 Å². The zero-order chi connectivity index (χ0) is 9.84. The molecule has 6 heteroatoms. The molecule has 1 aromatic carbocycles. The van der Waals surface area contributed by atoms with E-state index in [0.717, 1.165) is 0 Å². The van der Waals surface area contributed by atoms with Gasteiger partial charge >= 0.3 is 0 Å². The molecule has 1 rings (SSSR count). The Morgan fingerprint density at radius 2 is 2.31 bits per heavy atom. The Balaban J connectivity index is 3.20. The van der Waals surface area contributed by atoms with Gasteiger partial charge < -0.3 is 4.74 Å². The van der Waals surface area contributed by atoms with Crippen LogP contribution in [-0.2, 0) is 0 Å². The quantitative estimate of drug-likeness (QED) is 0.440. The van der Waals surface area contributed by atoms with E-state index in [9.17, 15) is 10.1 Å². The number of methoxy groups -OCH3 is 1. The zero-order valence-corrected chi connectivity index (χ0v) is 6.85. The molecule has 0 aliphatic heterocycles. The van der Waals surface area contributed by atoms with E-state index in [2.05, 4.69) is 5.11 Å². The molecule has 0 aromatic heterocycles. The second-order valence-electron chi connectivity index (χ2n) is 2.23. The fraction of sp³-hybridized carbons (Fsp3) is 0.143. The average Bonchev–Trinajstić information content (AvgIpc) is 2.16. The highest BCUT2D eigenvalue weighted by Crippen LogP contribution is 2.30. The first-order valence-corrected chi connectivity index (χ1v) is 3.39. The maximum absolute atomic E-state index is 10.3. The van der Waals surface area contributed by atoms with Crippen molar-refractivity contribution in [2.24, 2.45) is 5.11 Å². The summed E-state index contributed by atoms with van der Waals surface area (Å²) in [4.78, 5) is 9.81. The van der Waals surface area contributed by atoms with Crippen molar-refractivity contribution < 1.29 is 9.66 Å². The van der Waals surface area contributed by atoms with Crippen LogP contribution in [0.1, 0.15) is 0 Å². The lowest BCUT2D eigenvalue weighted by Crippen LogP contribution is -1.89. The third-order valence-electron chi connectivity index (χ3n) is 1.49. The minimum atomic E-state index is -0.532. The number of rotatable bonds is 3. The van der Waals surface area contributed by atoms with E-state index in [0.29, 0.717) is 0 Å². The SMILES string of the molecule is COc1cc([N+](=O)[O-])ccc1N=N. The van der Waals surface area contributed by atoms with Gasteiger partial charge in [0.05, 0.1) is 18.1 Å². The largest absolute Gasteiger partial charge is 0.494 e. The van der Waals surface area contributed by atoms with Crippen molar-refractivity contribution in [3.8, 4) is 5.75 Å². The van der Waals surface area contributed by atoms with Crippen molar-refractivity contribution in [1.82, 2.24) is 0 Å². The Morgan fingerprint density at radius 3 is 2.77 bits per heavy atom. The number of nitro benzene ring substituents is 1. The van der Waals surface area contributed by atoms with Gasteiger partial charge in [0.2, 0.25) is 0 Å². The minimum Gasteiger partial charge on any atom is -0.494 e. The van der Waals surface area contributed by atoms with Crippen LogP contribution in [-0.4, -0.2) is 12.0 Å². The summed E-state index contributed by atoms with van der Waals surface area (Å²) in [7, 11) is 1.37. The summed E-state index contributed by atoms with van der Waals surface area (Å²) >= 11 is 0. The van der Waals surface area contributed by atoms with E-state index in [4.69, 9.17) is 10.3 Å². The molecule has 68 valence electrons.